The number of nitrogens with one attached hydrogen (secondary N) is 1. The second-order valence-electron chi connectivity index (χ2n) is 7.51. The van der Waals surface area contributed by atoms with Gasteiger partial charge >= 0.3 is 0 Å². The summed E-state index contributed by atoms with van der Waals surface area (Å²) in [7, 11) is 0. The van der Waals surface area contributed by atoms with Crippen LogP contribution >= 0.6 is 0 Å². The maximum absolute atomic E-state index is 12.5. The van der Waals surface area contributed by atoms with Gasteiger partial charge in [0.15, 0.2) is 0 Å². The van der Waals surface area contributed by atoms with Crippen LogP contribution in [0, 0.1) is 18.8 Å². The fraction of sp³-hybridized carbons (Fsp3) is 0.571. The second-order valence-corrected chi connectivity index (χ2v) is 7.51. The third-order valence-corrected chi connectivity index (χ3v) is 5.72. The van der Waals surface area contributed by atoms with Crippen LogP contribution in [0.2, 0.25) is 0 Å². The molecule has 1 aliphatic carbocycles. The monoisotopic (exact) mass is 356 g/mol. The smallest absolute Gasteiger partial charge is 0.233 e. The van der Waals surface area contributed by atoms with Gasteiger partial charge in [-0.15, -0.1) is 0 Å². The molecule has 1 saturated carbocycles. The molecular weight excluding hydrogens is 328 g/mol. The van der Waals surface area contributed by atoms with Crippen LogP contribution < -0.4 is 5.32 Å². The highest BCUT2D eigenvalue weighted by Gasteiger charge is 2.47. The molecule has 5 heteroatoms. The summed E-state index contributed by atoms with van der Waals surface area (Å²) in [6.07, 6.45) is 4.61. The molecule has 1 aromatic rings. The van der Waals surface area contributed by atoms with Crippen molar-refractivity contribution in [2.24, 2.45) is 11.8 Å². The Balaban J connectivity index is 1.55. The van der Waals surface area contributed by atoms with Gasteiger partial charge in [0.2, 0.25) is 17.7 Å². The lowest BCUT2D eigenvalue weighted by Crippen LogP contribution is -2.36. The van der Waals surface area contributed by atoms with Crippen molar-refractivity contribution < 1.29 is 14.4 Å². The molecule has 3 atom stereocenters. The predicted molar refractivity (Wildman–Crippen MR) is 99.1 cm³/mol. The zero-order valence-electron chi connectivity index (χ0n) is 15.7. The van der Waals surface area contributed by atoms with Crippen LogP contribution in [-0.2, 0) is 14.4 Å². The molecule has 0 unspecified atom stereocenters. The first-order valence-corrected chi connectivity index (χ1v) is 9.72. The predicted octanol–water partition coefficient (Wildman–Crippen LogP) is 3.13. The second kappa shape index (κ2) is 8.02. The van der Waals surface area contributed by atoms with Gasteiger partial charge in [-0.1, -0.05) is 49.6 Å². The molecule has 1 N–H and O–H groups in total. The van der Waals surface area contributed by atoms with E-state index in [1.165, 1.54) is 10.5 Å². The average molecular weight is 356 g/mol. The van der Waals surface area contributed by atoms with Gasteiger partial charge in [0.25, 0.3) is 0 Å². The molecule has 26 heavy (non-hydrogen) atoms. The number of likely N-dealkylation sites (tertiary alicyclic amines) is 1. The van der Waals surface area contributed by atoms with Crippen LogP contribution in [0.4, 0.5) is 0 Å². The molecule has 0 radical (unpaired) electrons. The molecule has 5 nitrogen and oxygen atoms in total. The number of nitrogens with zero attached hydrogens (tertiary/aromatic N) is 1. The normalized spacial score (nSPS) is 23.7. The Labute approximate surface area is 155 Å². The van der Waals surface area contributed by atoms with Gasteiger partial charge in [0.05, 0.1) is 17.9 Å². The van der Waals surface area contributed by atoms with Gasteiger partial charge in [-0.25, -0.2) is 0 Å². The number of hydrogen-bond acceptors (Lipinski definition) is 3. The highest BCUT2D eigenvalue weighted by molar-refractivity contribution is 6.05. The number of amides is 3. The van der Waals surface area contributed by atoms with E-state index in [1.807, 2.05) is 38.1 Å². The third kappa shape index (κ3) is 3.81. The van der Waals surface area contributed by atoms with Crippen molar-refractivity contribution in [2.45, 2.75) is 58.4 Å². The Morgan fingerprint density at radius 2 is 1.69 bits per heavy atom. The molecule has 1 aromatic carbocycles. The summed E-state index contributed by atoms with van der Waals surface area (Å²) < 4.78 is 0. The van der Waals surface area contributed by atoms with Crippen LogP contribution in [0.1, 0.15) is 62.6 Å². The van der Waals surface area contributed by atoms with E-state index in [2.05, 4.69) is 5.32 Å². The molecule has 1 aliphatic heterocycles. The number of carbonyl (C=O) groups excluding carboxylic acids is 3. The molecule has 140 valence electrons. The molecule has 0 bridgehead atoms. The summed E-state index contributed by atoms with van der Waals surface area (Å²) in [6.45, 7) is 4.26. The SMILES string of the molecule is CC[C@@H](NC(=O)CCN1C(=O)[C@H]2CCCC[C@H]2C1=O)c1ccc(C)cc1. The van der Waals surface area contributed by atoms with E-state index in [-0.39, 0.29) is 48.6 Å². The minimum absolute atomic E-state index is 0.0457. The molecule has 0 aromatic heterocycles. The largest absolute Gasteiger partial charge is 0.349 e. The van der Waals surface area contributed by atoms with Crippen molar-refractivity contribution in [3.63, 3.8) is 0 Å². The number of carbonyl (C=O) groups is 3. The first-order chi connectivity index (χ1) is 12.5. The van der Waals surface area contributed by atoms with E-state index < -0.39 is 0 Å². The molecule has 1 saturated heterocycles. The maximum Gasteiger partial charge on any atom is 0.233 e. The Morgan fingerprint density at radius 1 is 1.12 bits per heavy atom. The summed E-state index contributed by atoms with van der Waals surface area (Å²) in [4.78, 5) is 38.6. The topological polar surface area (TPSA) is 66.5 Å². The van der Waals surface area contributed by atoms with Gasteiger partial charge < -0.3 is 5.32 Å². The number of aryl methyl sites for hydroxylation is 1. The number of imide groups is 1. The summed E-state index contributed by atoms with van der Waals surface area (Å²) >= 11 is 0. The highest BCUT2D eigenvalue weighted by Crippen LogP contribution is 2.37. The van der Waals surface area contributed by atoms with Crippen molar-refractivity contribution >= 4 is 17.7 Å². The van der Waals surface area contributed by atoms with Crippen LogP contribution in [0.3, 0.4) is 0 Å². The summed E-state index contributed by atoms with van der Waals surface area (Å²) in [5.74, 6) is -0.547. The lowest BCUT2D eigenvalue weighted by atomic mass is 9.81. The molecule has 2 fully saturated rings. The standard InChI is InChI=1S/C21H28N2O3/c1-3-18(15-10-8-14(2)9-11-15)22-19(24)12-13-23-20(25)16-6-4-5-7-17(16)21(23)26/h8-11,16-18H,3-7,12-13H2,1-2H3,(H,22,24)/t16-,17+,18-/m1/s1. The van der Waals surface area contributed by atoms with E-state index >= 15 is 0 Å². The third-order valence-electron chi connectivity index (χ3n) is 5.72. The van der Waals surface area contributed by atoms with E-state index in [0.717, 1.165) is 37.7 Å². The number of rotatable bonds is 6. The van der Waals surface area contributed by atoms with Crippen LogP contribution in [0.5, 0.6) is 0 Å². The van der Waals surface area contributed by atoms with Crippen LogP contribution in [0.25, 0.3) is 0 Å². The number of fused-ring (bicyclic) bond motifs is 1. The molecular formula is C21H28N2O3. The Morgan fingerprint density at radius 3 is 2.23 bits per heavy atom. The lowest BCUT2D eigenvalue weighted by molar-refractivity contribution is -0.140. The van der Waals surface area contributed by atoms with E-state index in [4.69, 9.17) is 0 Å². The van der Waals surface area contributed by atoms with Crippen molar-refractivity contribution in [3.05, 3.63) is 35.4 Å². The molecule has 2 aliphatic rings. The van der Waals surface area contributed by atoms with Gasteiger partial charge in [-0.05, 0) is 31.7 Å². The zero-order valence-corrected chi connectivity index (χ0v) is 15.7. The number of hydrogen-bond donors (Lipinski definition) is 1. The van der Waals surface area contributed by atoms with Crippen molar-refractivity contribution in [1.82, 2.24) is 10.2 Å². The van der Waals surface area contributed by atoms with Crippen LogP contribution in [0.15, 0.2) is 24.3 Å². The molecule has 0 spiro atoms. The minimum atomic E-state index is -0.143. The lowest BCUT2D eigenvalue weighted by Gasteiger charge is -2.19. The van der Waals surface area contributed by atoms with Gasteiger partial charge in [0.1, 0.15) is 0 Å². The minimum Gasteiger partial charge on any atom is -0.349 e. The quantitative estimate of drug-likeness (QED) is 0.797. The van der Waals surface area contributed by atoms with Gasteiger partial charge in [0, 0.05) is 13.0 Å². The zero-order chi connectivity index (χ0) is 18.7. The van der Waals surface area contributed by atoms with E-state index in [0.29, 0.717) is 0 Å². The molecule has 1 heterocycles. The maximum atomic E-state index is 12.5. The highest BCUT2D eigenvalue weighted by atomic mass is 16.2. The average Bonchev–Trinajstić information content (AvgIpc) is 2.90. The van der Waals surface area contributed by atoms with Gasteiger partial charge in [-0.2, -0.15) is 0 Å². The van der Waals surface area contributed by atoms with E-state index in [9.17, 15) is 14.4 Å². The van der Waals surface area contributed by atoms with Crippen LogP contribution in [-0.4, -0.2) is 29.2 Å². The first-order valence-electron chi connectivity index (χ1n) is 9.72. The Bertz CT molecular complexity index is 659. The summed E-state index contributed by atoms with van der Waals surface area (Å²) in [5.41, 5.74) is 2.26. The van der Waals surface area contributed by atoms with E-state index in [1.54, 1.807) is 0 Å². The molecule has 3 amide bonds. The first kappa shape index (κ1) is 18.6. The Kier molecular flexibility index (Phi) is 5.74. The van der Waals surface area contributed by atoms with Gasteiger partial charge in [-0.3, -0.25) is 19.3 Å². The van der Waals surface area contributed by atoms with Crippen molar-refractivity contribution in [3.8, 4) is 0 Å². The van der Waals surface area contributed by atoms with Crippen molar-refractivity contribution in [1.29, 1.82) is 0 Å². The Hall–Kier alpha value is -2.17. The summed E-state index contributed by atoms with van der Waals surface area (Å²) in [6, 6.07) is 8.08. The number of benzene rings is 1. The fourth-order valence-electron chi connectivity index (χ4n) is 4.15. The van der Waals surface area contributed by atoms with Crippen molar-refractivity contribution in [2.75, 3.05) is 6.54 Å². The summed E-state index contributed by atoms with van der Waals surface area (Å²) in [5, 5.41) is 3.03. The molecule has 3 rings (SSSR count). The fourth-order valence-corrected chi connectivity index (χ4v) is 4.15.